The summed E-state index contributed by atoms with van der Waals surface area (Å²) in [6, 6.07) is 0. The first kappa shape index (κ1) is 19.4. The van der Waals surface area contributed by atoms with Crippen molar-refractivity contribution in [3.8, 4) is 0 Å². The molecule has 0 aliphatic carbocycles. The highest BCUT2D eigenvalue weighted by Gasteiger charge is 2.41. The number of hydrogen-bond acceptors (Lipinski definition) is 7. The number of ether oxygens (including phenoxy) is 2. The molecule has 132 valence electrons. The molecule has 0 saturated carbocycles. The van der Waals surface area contributed by atoms with E-state index in [4.69, 9.17) is 9.84 Å². The topological polar surface area (TPSA) is 113 Å². The minimum Gasteiger partial charge on any atom is -0.505 e. The lowest BCUT2D eigenvalue weighted by Gasteiger charge is -2.13. The zero-order chi connectivity index (χ0) is 17.2. The Morgan fingerprint density at radius 2 is 1.83 bits per heavy atom. The number of carbonyl (C=O) groups excluding carboxylic acids is 2. The molecule has 3 N–H and O–H groups in total. The second-order valence-corrected chi connectivity index (χ2v) is 5.64. The molecular weight excluding hydrogens is 304 g/mol. The van der Waals surface area contributed by atoms with Crippen LogP contribution >= 0.6 is 0 Å². The van der Waals surface area contributed by atoms with Gasteiger partial charge in [-0.3, -0.25) is 4.79 Å². The van der Waals surface area contributed by atoms with E-state index in [0.29, 0.717) is 6.42 Å². The highest BCUT2D eigenvalue weighted by molar-refractivity contribution is 5.92. The third-order valence-electron chi connectivity index (χ3n) is 3.66. The van der Waals surface area contributed by atoms with Crippen molar-refractivity contribution >= 4 is 11.9 Å². The van der Waals surface area contributed by atoms with Crippen molar-refractivity contribution in [1.29, 1.82) is 0 Å². The lowest BCUT2D eigenvalue weighted by Crippen LogP contribution is -2.31. The second kappa shape index (κ2) is 10.2. The molecule has 0 unspecified atom stereocenters. The summed E-state index contributed by atoms with van der Waals surface area (Å²) in [4.78, 5) is 23.2. The van der Waals surface area contributed by atoms with Gasteiger partial charge in [-0.15, -0.1) is 0 Å². The fraction of sp³-hybridized carbons (Fsp3) is 0.750. The van der Waals surface area contributed by atoms with Crippen LogP contribution in [-0.4, -0.2) is 46.1 Å². The fourth-order valence-corrected chi connectivity index (χ4v) is 2.30. The van der Waals surface area contributed by atoms with E-state index < -0.39 is 42.3 Å². The Labute approximate surface area is 135 Å². The smallest absolute Gasteiger partial charge is 0.378 e. The van der Waals surface area contributed by atoms with Crippen molar-refractivity contribution in [2.24, 2.45) is 0 Å². The quantitative estimate of drug-likeness (QED) is 0.390. The second-order valence-electron chi connectivity index (χ2n) is 5.64. The number of hydrogen-bond donors (Lipinski definition) is 3. The molecule has 0 fully saturated rings. The van der Waals surface area contributed by atoms with E-state index in [1.54, 1.807) is 0 Å². The van der Waals surface area contributed by atoms with Gasteiger partial charge in [-0.25, -0.2) is 4.79 Å². The van der Waals surface area contributed by atoms with Gasteiger partial charge in [0.25, 0.3) is 5.76 Å². The van der Waals surface area contributed by atoms with Crippen molar-refractivity contribution < 1.29 is 34.4 Å². The van der Waals surface area contributed by atoms with Gasteiger partial charge in [-0.2, -0.15) is 0 Å². The number of unbranched alkanes of at least 4 members (excludes halogenated alkanes) is 6. The van der Waals surface area contributed by atoms with Crippen LogP contribution in [-0.2, 0) is 19.1 Å². The van der Waals surface area contributed by atoms with E-state index in [0.717, 1.165) is 19.3 Å². The molecule has 0 saturated heterocycles. The van der Waals surface area contributed by atoms with E-state index in [1.807, 2.05) is 0 Å². The first-order chi connectivity index (χ1) is 11.0. The number of carbonyl (C=O) groups is 2. The highest BCUT2D eigenvalue weighted by Crippen LogP contribution is 2.24. The average Bonchev–Trinajstić information content (AvgIpc) is 2.81. The lowest BCUT2D eigenvalue weighted by atomic mass is 10.1. The van der Waals surface area contributed by atoms with Crippen LogP contribution in [0, 0.1) is 0 Å². The zero-order valence-electron chi connectivity index (χ0n) is 13.5. The molecule has 2 atom stereocenters. The van der Waals surface area contributed by atoms with Gasteiger partial charge in [0, 0.05) is 6.42 Å². The number of aliphatic hydroxyl groups excluding tert-OH is 3. The van der Waals surface area contributed by atoms with Crippen LogP contribution < -0.4 is 0 Å². The molecule has 0 radical (unpaired) electrons. The van der Waals surface area contributed by atoms with Gasteiger partial charge in [-0.1, -0.05) is 45.4 Å². The summed E-state index contributed by atoms with van der Waals surface area (Å²) in [5.74, 6) is -2.91. The molecule has 0 spiro atoms. The Kier molecular flexibility index (Phi) is 8.65. The predicted molar refractivity (Wildman–Crippen MR) is 81.3 cm³/mol. The Morgan fingerprint density at radius 3 is 2.43 bits per heavy atom. The summed E-state index contributed by atoms with van der Waals surface area (Å²) in [5.41, 5.74) is 0. The summed E-state index contributed by atoms with van der Waals surface area (Å²) in [5, 5.41) is 28.0. The summed E-state index contributed by atoms with van der Waals surface area (Å²) in [6.07, 6.45) is 4.64. The molecule has 1 aliphatic heterocycles. The molecule has 7 heteroatoms. The minimum absolute atomic E-state index is 0.144. The molecule has 0 amide bonds. The van der Waals surface area contributed by atoms with Crippen LogP contribution in [0.2, 0.25) is 0 Å². The van der Waals surface area contributed by atoms with Crippen molar-refractivity contribution in [2.75, 3.05) is 6.61 Å². The van der Waals surface area contributed by atoms with Crippen LogP contribution in [0.5, 0.6) is 0 Å². The van der Waals surface area contributed by atoms with Gasteiger partial charge in [0.1, 0.15) is 6.10 Å². The molecule has 23 heavy (non-hydrogen) atoms. The minimum atomic E-state index is -1.46. The molecular formula is C16H26O7. The van der Waals surface area contributed by atoms with Crippen molar-refractivity contribution in [3.63, 3.8) is 0 Å². The molecule has 0 aromatic heterocycles. The maximum atomic E-state index is 11.7. The normalized spacial score (nSPS) is 18.9. The molecule has 7 nitrogen and oxygen atoms in total. The largest absolute Gasteiger partial charge is 0.505 e. The van der Waals surface area contributed by atoms with Gasteiger partial charge in [0.2, 0.25) is 0 Å². The van der Waals surface area contributed by atoms with Crippen LogP contribution in [0.25, 0.3) is 0 Å². The Bertz CT molecular complexity index is 430. The van der Waals surface area contributed by atoms with Crippen LogP contribution in [0.4, 0.5) is 0 Å². The maximum Gasteiger partial charge on any atom is 0.378 e. The van der Waals surface area contributed by atoms with Gasteiger partial charge < -0.3 is 24.8 Å². The van der Waals surface area contributed by atoms with Gasteiger partial charge in [0.15, 0.2) is 11.9 Å². The first-order valence-corrected chi connectivity index (χ1v) is 8.15. The van der Waals surface area contributed by atoms with Gasteiger partial charge in [0.05, 0.1) is 6.61 Å². The van der Waals surface area contributed by atoms with E-state index in [2.05, 4.69) is 11.7 Å². The Balaban J connectivity index is 2.33. The standard InChI is InChI=1S/C16H26O7/c1-2-3-4-5-6-7-8-9-12(19)22-15-13(20)14(11(18)10-17)23-16(15)21/h11,14,17-18,20H,2-10H2,1H3/t11-,14+/m0/s1. The molecule has 1 aliphatic rings. The first-order valence-electron chi connectivity index (χ1n) is 8.15. The summed E-state index contributed by atoms with van der Waals surface area (Å²) < 4.78 is 9.50. The number of rotatable bonds is 11. The summed E-state index contributed by atoms with van der Waals surface area (Å²) in [6.45, 7) is 1.46. The molecule has 0 aromatic rings. The summed E-state index contributed by atoms with van der Waals surface area (Å²) in [7, 11) is 0. The molecule has 0 bridgehead atoms. The SMILES string of the molecule is CCCCCCCCCC(=O)OC1=C(O)[C@@H]([C@@H](O)CO)OC1=O. The zero-order valence-corrected chi connectivity index (χ0v) is 13.5. The summed E-state index contributed by atoms with van der Waals surface area (Å²) >= 11 is 0. The monoisotopic (exact) mass is 330 g/mol. The Hall–Kier alpha value is -1.60. The van der Waals surface area contributed by atoms with E-state index >= 15 is 0 Å². The predicted octanol–water partition coefficient (Wildman–Crippen LogP) is 1.72. The van der Waals surface area contributed by atoms with Crippen LogP contribution in [0.15, 0.2) is 11.5 Å². The van der Waals surface area contributed by atoms with E-state index in [1.165, 1.54) is 19.3 Å². The van der Waals surface area contributed by atoms with E-state index in [-0.39, 0.29) is 6.42 Å². The average molecular weight is 330 g/mol. The van der Waals surface area contributed by atoms with Crippen LogP contribution in [0.3, 0.4) is 0 Å². The maximum absolute atomic E-state index is 11.7. The molecule has 0 aromatic carbocycles. The number of esters is 2. The highest BCUT2D eigenvalue weighted by atomic mass is 16.6. The van der Waals surface area contributed by atoms with Gasteiger partial charge in [-0.05, 0) is 6.42 Å². The Morgan fingerprint density at radius 1 is 1.22 bits per heavy atom. The van der Waals surface area contributed by atoms with Crippen molar-refractivity contribution in [2.45, 2.75) is 70.5 Å². The van der Waals surface area contributed by atoms with E-state index in [9.17, 15) is 19.8 Å². The van der Waals surface area contributed by atoms with Gasteiger partial charge >= 0.3 is 11.9 Å². The van der Waals surface area contributed by atoms with Crippen LogP contribution in [0.1, 0.15) is 58.3 Å². The molecule has 1 heterocycles. The van der Waals surface area contributed by atoms with Crippen molar-refractivity contribution in [3.05, 3.63) is 11.5 Å². The number of aliphatic hydroxyl groups is 3. The number of cyclic esters (lactones) is 1. The third kappa shape index (κ3) is 6.19. The fourth-order valence-electron chi connectivity index (χ4n) is 2.30. The third-order valence-corrected chi connectivity index (χ3v) is 3.66. The lowest BCUT2D eigenvalue weighted by molar-refractivity contribution is -0.153. The van der Waals surface area contributed by atoms with Crippen molar-refractivity contribution in [1.82, 2.24) is 0 Å². The molecule has 1 rings (SSSR count).